The highest BCUT2D eigenvalue weighted by Crippen LogP contribution is 2.35. The van der Waals surface area contributed by atoms with Crippen molar-refractivity contribution in [3.63, 3.8) is 0 Å². The van der Waals surface area contributed by atoms with Crippen molar-refractivity contribution in [2.24, 2.45) is 5.92 Å². The summed E-state index contributed by atoms with van der Waals surface area (Å²) >= 11 is 17.9. The molecule has 2 N–H and O–H groups in total. The van der Waals surface area contributed by atoms with Crippen molar-refractivity contribution in [3.05, 3.63) is 80.9 Å². The average molecular weight is 396 g/mol. The van der Waals surface area contributed by atoms with Crippen molar-refractivity contribution in [2.75, 3.05) is 0 Å². The fraction of sp³-hybridized carbons (Fsp3) is 0.111. The van der Waals surface area contributed by atoms with Crippen LogP contribution >= 0.6 is 34.8 Å². The van der Waals surface area contributed by atoms with Crippen LogP contribution in [-0.2, 0) is 0 Å². The zero-order chi connectivity index (χ0) is 18.1. The van der Waals surface area contributed by atoms with Gasteiger partial charge in [0.1, 0.15) is 0 Å². The number of amides is 2. The van der Waals surface area contributed by atoms with Crippen molar-refractivity contribution in [1.82, 2.24) is 10.6 Å². The van der Waals surface area contributed by atoms with Gasteiger partial charge < -0.3 is 10.6 Å². The Balaban J connectivity index is 2.01. The molecule has 1 aliphatic rings. The molecule has 3 rings (SSSR count). The molecule has 1 saturated heterocycles. The monoisotopic (exact) mass is 394 g/mol. The van der Waals surface area contributed by atoms with Crippen LogP contribution in [0.25, 0.3) is 0 Å². The van der Waals surface area contributed by atoms with Gasteiger partial charge in [-0.15, -0.1) is 0 Å². The molecule has 25 heavy (non-hydrogen) atoms. The minimum atomic E-state index is -0.698. The van der Waals surface area contributed by atoms with Gasteiger partial charge in [-0.2, -0.15) is 0 Å². The van der Waals surface area contributed by atoms with E-state index >= 15 is 0 Å². The Kier molecular flexibility index (Phi) is 5.04. The fourth-order valence-corrected chi connectivity index (χ4v) is 3.20. The summed E-state index contributed by atoms with van der Waals surface area (Å²) in [6, 6.07) is 10.5. The number of hydrogen-bond acceptors (Lipinski definition) is 2. The molecule has 0 saturated carbocycles. The molecule has 0 aliphatic carbocycles. The van der Waals surface area contributed by atoms with Crippen LogP contribution < -0.4 is 10.6 Å². The molecule has 1 aliphatic heterocycles. The molecule has 2 aromatic rings. The summed E-state index contributed by atoms with van der Waals surface area (Å²) in [5.74, 6) is -0.888. The maximum atomic E-state index is 13.0. The van der Waals surface area contributed by atoms with E-state index in [-0.39, 0.29) is 5.78 Å². The van der Waals surface area contributed by atoms with Gasteiger partial charge in [-0.1, -0.05) is 47.4 Å². The predicted molar refractivity (Wildman–Crippen MR) is 99.3 cm³/mol. The van der Waals surface area contributed by atoms with Gasteiger partial charge in [0.25, 0.3) is 0 Å². The van der Waals surface area contributed by atoms with Crippen molar-refractivity contribution in [3.8, 4) is 0 Å². The first-order chi connectivity index (χ1) is 11.9. The number of Topliss-reactive ketones (excluding diaryl/α,β-unsaturated/α-hetero) is 1. The zero-order valence-electron chi connectivity index (χ0n) is 12.9. The number of rotatable bonds is 3. The molecule has 2 aromatic carbocycles. The normalized spacial score (nSPS) is 20.0. The molecule has 0 radical (unpaired) electrons. The second kappa shape index (κ2) is 7.08. The summed E-state index contributed by atoms with van der Waals surface area (Å²) in [5, 5.41) is 6.60. The van der Waals surface area contributed by atoms with Crippen LogP contribution in [0.5, 0.6) is 0 Å². The van der Waals surface area contributed by atoms with E-state index in [1.807, 2.05) is 0 Å². The molecule has 0 aromatic heterocycles. The van der Waals surface area contributed by atoms with Crippen LogP contribution in [0.1, 0.15) is 22.0 Å². The lowest BCUT2D eigenvalue weighted by molar-refractivity contribution is 0.0905. The van der Waals surface area contributed by atoms with Crippen LogP contribution in [-0.4, -0.2) is 11.8 Å². The number of ketones is 1. The first-order valence-corrected chi connectivity index (χ1v) is 8.51. The van der Waals surface area contributed by atoms with Gasteiger partial charge in [0.05, 0.1) is 22.0 Å². The smallest absolute Gasteiger partial charge is 0.319 e. The molecule has 0 bridgehead atoms. The second-order valence-electron chi connectivity index (χ2n) is 5.62. The van der Waals surface area contributed by atoms with E-state index in [2.05, 4.69) is 17.2 Å². The number of carbonyl (C=O) groups excluding carboxylic acids is 2. The zero-order valence-corrected chi connectivity index (χ0v) is 15.1. The van der Waals surface area contributed by atoms with E-state index in [0.717, 1.165) is 0 Å². The summed E-state index contributed by atoms with van der Waals surface area (Å²) in [5.41, 5.74) is 1.45. The van der Waals surface area contributed by atoms with Gasteiger partial charge in [0.2, 0.25) is 0 Å². The van der Waals surface area contributed by atoms with Crippen molar-refractivity contribution in [2.45, 2.75) is 6.04 Å². The molecule has 2 amide bonds. The number of benzene rings is 2. The van der Waals surface area contributed by atoms with Crippen LogP contribution in [0.15, 0.2) is 54.7 Å². The number of nitrogens with one attached hydrogen (secondary N) is 2. The molecule has 128 valence electrons. The van der Waals surface area contributed by atoms with E-state index < -0.39 is 18.0 Å². The molecule has 1 fully saturated rings. The lowest BCUT2D eigenvalue weighted by atomic mass is 9.83. The molecule has 1 heterocycles. The summed E-state index contributed by atoms with van der Waals surface area (Å²) < 4.78 is 0. The van der Waals surface area contributed by atoms with Gasteiger partial charge in [-0.25, -0.2) is 4.79 Å². The second-order valence-corrected chi connectivity index (χ2v) is 6.87. The van der Waals surface area contributed by atoms with E-state index in [1.54, 1.807) is 42.5 Å². The molecule has 4 nitrogen and oxygen atoms in total. The Morgan fingerprint density at radius 2 is 1.68 bits per heavy atom. The van der Waals surface area contributed by atoms with Gasteiger partial charge in [0.15, 0.2) is 5.78 Å². The molecule has 7 heteroatoms. The highest BCUT2D eigenvalue weighted by atomic mass is 35.5. The SMILES string of the molecule is C=C1NC(=O)N[C@H](c2ccc(Cl)c(Cl)c2)[C@@H]1C(=O)c1ccc(Cl)cc1. The standard InChI is InChI=1S/C18H13Cl3N2O2/c1-9-15(17(24)10-2-5-12(19)6-3-10)16(23-18(25)22-9)11-4-7-13(20)14(21)8-11/h2-8,15-16H,1H2,(H2,22,23,25)/t15-,16-/m1/s1. The van der Waals surface area contributed by atoms with E-state index in [0.29, 0.717) is 31.9 Å². The van der Waals surface area contributed by atoms with Gasteiger partial charge in [-0.05, 0) is 42.0 Å². The Morgan fingerprint density at radius 1 is 1.00 bits per heavy atom. The topological polar surface area (TPSA) is 58.2 Å². The summed E-state index contributed by atoms with van der Waals surface area (Å²) in [7, 11) is 0. The third kappa shape index (κ3) is 3.66. The Morgan fingerprint density at radius 3 is 2.32 bits per heavy atom. The summed E-state index contributed by atoms with van der Waals surface area (Å²) in [6.07, 6.45) is 0. The Hall–Kier alpha value is -2.01. The van der Waals surface area contributed by atoms with Crippen LogP contribution in [0, 0.1) is 5.92 Å². The largest absolute Gasteiger partial charge is 0.330 e. The Bertz CT molecular complexity index is 865. The lowest BCUT2D eigenvalue weighted by Crippen LogP contribution is -2.50. The first-order valence-electron chi connectivity index (χ1n) is 7.38. The molecular formula is C18H13Cl3N2O2. The highest BCUT2D eigenvalue weighted by Gasteiger charge is 2.38. The van der Waals surface area contributed by atoms with Crippen molar-refractivity contribution in [1.29, 1.82) is 0 Å². The van der Waals surface area contributed by atoms with Crippen molar-refractivity contribution >= 4 is 46.6 Å². The van der Waals surface area contributed by atoms with E-state index in [4.69, 9.17) is 34.8 Å². The van der Waals surface area contributed by atoms with Crippen LogP contribution in [0.2, 0.25) is 15.1 Å². The van der Waals surface area contributed by atoms with Gasteiger partial charge >= 0.3 is 6.03 Å². The van der Waals surface area contributed by atoms with Gasteiger partial charge in [0, 0.05) is 16.3 Å². The van der Waals surface area contributed by atoms with E-state index in [1.165, 1.54) is 0 Å². The minimum absolute atomic E-state index is 0.190. The number of urea groups is 1. The van der Waals surface area contributed by atoms with Crippen LogP contribution in [0.4, 0.5) is 4.79 Å². The fourth-order valence-electron chi connectivity index (χ4n) is 2.77. The number of carbonyl (C=O) groups is 2. The van der Waals surface area contributed by atoms with Crippen LogP contribution in [0.3, 0.4) is 0 Å². The molecule has 0 spiro atoms. The summed E-state index contributed by atoms with van der Waals surface area (Å²) in [6.45, 7) is 3.85. The average Bonchev–Trinajstić information content (AvgIpc) is 2.57. The maximum Gasteiger partial charge on any atom is 0.319 e. The minimum Gasteiger partial charge on any atom is -0.330 e. The molecule has 0 unspecified atom stereocenters. The Labute approximate surface area is 159 Å². The van der Waals surface area contributed by atoms with Crippen molar-refractivity contribution < 1.29 is 9.59 Å². The highest BCUT2D eigenvalue weighted by molar-refractivity contribution is 6.42. The molecular weight excluding hydrogens is 383 g/mol. The quantitative estimate of drug-likeness (QED) is 0.717. The van der Waals surface area contributed by atoms with Gasteiger partial charge in [-0.3, -0.25) is 4.79 Å². The maximum absolute atomic E-state index is 13.0. The third-order valence-corrected chi connectivity index (χ3v) is 4.97. The summed E-state index contributed by atoms with van der Waals surface area (Å²) in [4.78, 5) is 24.9. The predicted octanol–water partition coefficient (Wildman–Crippen LogP) is 5.01. The number of hydrogen-bond donors (Lipinski definition) is 2. The molecule has 2 atom stereocenters. The number of halogens is 3. The third-order valence-electron chi connectivity index (χ3n) is 3.98. The first kappa shape index (κ1) is 17.8. The van der Waals surface area contributed by atoms with E-state index in [9.17, 15) is 9.59 Å². The lowest BCUT2D eigenvalue weighted by Gasteiger charge is -2.34.